The van der Waals surface area contributed by atoms with Gasteiger partial charge in [0, 0.05) is 27.7 Å². The molecule has 0 aromatic heterocycles. The number of nitrogens with zero attached hydrogens (tertiary/aromatic N) is 2. The van der Waals surface area contributed by atoms with Crippen LogP contribution in [0.15, 0.2) is 23.1 Å². The molecule has 1 amide bonds. The van der Waals surface area contributed by atoms with Gasteiger partial charge < -0.3 is 16.0 Å². The van der Waals surface area contributed by atoms with E-state index in [-0.39, 0.29) is 17.3 Å². The van der Waals surface area contributed by atoms with E-state index in [1.54, 1.807) is 11.9 Å². The number of benzene rings is 1. The van der Waals surface area contributed by atoms with Crippen LogP contribution in [0, 0.1) is 0 Å². The summed E-state index contributed by atoms with van der Waals surface area (Å²) < 4.78 is 25.5. The summed E-state index contributed by atoms with van der Waals surface area (Å²) in [5.41, 5.74) is 6.88. The van der Waals surface area contributed by atoms with Crippen molar-refractivity contribution in [1.29, 1.82) is 0 Å². The highest BCUT2D eigenvalue weighted by atomic mass is 32.2. The first-order chi connectivity index (χ1) is 9.73. The molecule has 0 saturated heterocycles. The second kappa shape index (κ2) is 6.77. The Balaban J connectivity index is 3.27. The lowest BCUT2D eigenvalue weighted by atomic mass is 10.2. The smallest absolute Gasteiger partial charge is 0.242 e. The topological polar surface area (TPSA) is 95.7 Å². The molecule has 21 heavy (non-hydrogen) atoms. The van der Waals surface area contributed by atoms with Crippen molar-refractivity contribution in [3.05, 3.63) is 18.2 Å². The molecule has 0 radical (unpaired) electrons. The second-order valence-corrected chi connectivity index (χ2v) is 6.85. The Bertz CT molecular complexity index is 614. The molecule has 1 rings (SSSR count). The van der Waals surface area contributed by atoms with Crippen molar-refractivity contribution in [3.8, 4) is 0 Å². The van der Waals surface area contributed by atoms with E-state index in [2.05, 4.69) is 5.32 Å². The minimum absolute atomic E-state index is 0.114. The molecule has 3 N–H and O–H groups in total. The number of carbonyl (C=O) groups excluding carboxylic acids is 1. The first kappa shape index (κ1) is 17.3. The van der Waals surface area contributed by atoms with Gasteiger partial charge in [0.1, 0.15) is 0 Å². The predicted molar refractivity (Wildman–Crippen MR) is 83.7 cm³/mol. The Labute approximate surface area is 125 Å². The second-order valence-electron chi connectivity index (χ2n) is 4.70. The average Bonchev–Trinajstić information content (AvgIpc) is 2.44. The van der Waals surface area contributed by atoms with E-state index in [0.29, 0.717) is 17.9 Å². The molecule has 0 spiro atoms. The molecule has 0 aliphatic carbocycles. The zero-order valence-corrected chi connectivity index (χ0v) is 13.6. The van der Waals surface area contributed by atoms with Gasteiger partial charge in [-0.05, 0) is 25.1 Å². The van der Waals surface area contributed by atoms with Crippen LogP contribution in [0.3, 0.4) is 0 Å². The lowest BCUT2D eigenvalue weighted by Crippen LogP contribution is -2.36. The van der Waals surface area contributed by atoms with E-state index in [0.717, 1.165) is 4.31 Å². The van der Waals surface area contributed by atoms with Crippen molar-refractivity contribution in [3.63, 3.8) is 0 Å². The molecule has 0 aliphatic rings. The van der Waals surface area contributed by atoms with E-state index in [4.69, 9.17) is 5.73 Å². The Morgan fingerprint density at radius 3 is 2.43 bits per heavy atom. The molecule has 1 aromatic rings. The monoisotopic (exact) mass is 314 g/mol. The fourth-order valence-electron chi connectivity index (χ4n) is 1.79. The number of sulfonamides is 1. The third-order valence-corrected chi connectivity index (χ3v) is 4.93. The molecule has 0 aliphatic heterocycles. The molecule has 1 aromatic carbocycles. The van der Waals surface area contributed by atoms with E-state index in [1.807, 2.05) is 6.92 Å². The number of amides is 1. The number of nitrogens with two attached hydrogens (primary N) is 1. The Kier molecular flexibility index (Phi) is 5.56. The number of hydrogen-bond donors (Lipinski definition) is 2. The summed E-state index contributed by atoms with van der Waals surface area (Å²) in [5, 5.41) is 2.53. The third kappa shape index (κ3) is 3.85. The first-order valence-electron chi connectivity index (χ1n) is 6.51. The molecular formula is C13H22N4O3S. The third-order valence-electron chi connectivity index (χ3n) is 3.12. The molecule has 0 unspecified atom stereocenters. The highest BCUT2D eigenvalue weighted by Crippen LogP contribution is 2.27. The molecule has 0 heterocycles. The summed E-state index contributed by atoms with van der Waals surface area (Å²) in [6, 6.07) is 4.50. The normalized spacial score (nSPS) is 11.5. The molecule has 7 nitrogen and oxygen atoms in total. The summed E-state index contributed by atoms with van der Waals surface area (Å²) in [6.07, 6.45) is 0. The molecule has 0 saturated carbocycles. The van der Waals surface area contributed by atoms with Crippen LogP contribution in [-0.2, 0) is 14.8 Å². The van der Waals surface area contributed by atoms with Gasteiger partial charge in [-0.1, -0.05) is 0 Å². The van der Waals surface area contributed by atoms with Gasteiger partial charge in [0.25, 0.3) is 0 Å². The largest absolute Gasteiger partial charge is 0.397 e. The van der Waals surface area contributed by atoms with E-state index < -0.39 is 10.0 Å². The minimum Gasteiger partial charge on any atom is -0.397 e. The zero-order chi connectivity index (χ0) is 16.2. The maximum absolute atomic E-state index is 12.2. The van der Waals surface area contributed by atoms with Gasteiger partial charge in [-0.2, -0.15) is 0 Å². The SMILES string of the molecule is CCN(CC(=O)NC)c1cc(S(=O)(=O)N(C)C)ccc1N. The highest BCUT2D eigenvalue weighted by Gasteiger charge is 2.20. The van der Waals surface area contributed by atoms with Crippen LogP contribution in [0.2, 0.25) is 0 Å². The van der Waals surface area contributed by atoms with Gasteiger partial charge in [0.2, 0.25) is 15.9 Å². The van der Waals surface area contributed by atoms with Gasteiger partial charge >= 0.3 is 0 Å². The number of rotatable bonds is 6. The van der Waals surface area contributed by atoms with Crippen LogP contribution in [0.5, 0.6) is 0 Å². The number of hydrogen-bond acceptors (Lipinski definition) is 5. The Morgan fingerprint density at radius 1 is 1.33 bits per heavy atom. The number of carbonyl (C=O) groups is 1. The summed E-state index contributed by atoms with van der Waals surface area (Å²) >= 11 is 0. The van der Waals surface area contributed by atoms with Gasteiger partial charge in [0.15, 0.2) is 0 Å². The Hall–Kier alpha value is -1.80. The van der Waals surface area contributed by atoms with E-state index in [9.17, 15) is 13.2 Å². The van der Waals surface area contributed by atoms with Crippen molar-refractivity contribution in [1.82, 2.24) is 9.62 Å². The van der Waals surface area contributed by atoms with Crippen LogP contribution < -0.4 is 16.0 Å². The number of anilines is 2. The van der Waals surface area contributed by atoms with Crippen LogP contribution in [-0.4, -0.2) is 52.9 Å². The molecule has 0 fully saturated rings. The fourth-order valence-corrected chi connectivity index (χ4v) is 2.71. The number of nitrogen functional groups attached to an aromatic ring is 1. The highest BCUT2D eigenvalue weighted by molar-refractivity contribution is 7.89. The van der Waals surface area contributed by atoms with Crippen molar-refractivity contribution in [2.45, 2.75) is 11.8 Å². The molecule has 0 atom stereocenters. The fraction of sp³-hybridized carbons (Fsp3) is 0.462. The molecular weight excluding hydrogens is 292 g/mol. The van der Waals surface area contributed by atoms with Crippen molar-refractivity contribution >= 4 is 27.3 Å². The maximum Gasteiger partial charge on any atom is 0.242 e. The van der Waals surface area contributed by atoms with Crippen LogP contribution in [0.4, 0.5) is 11.4 Å². The maximum atomic E-state index is 12.2. The minimum atomic E-state index is -3.54. The van der Waals surface area contributed by atoms with Crippen LogP contribution in [0.25, 0.3) is 0 Å². The molecule has 118 valence electrons. The number of nitrogens with one attached hydrogen (secondary N) is 1. The zero-order valence-electron chi connectivity index (χ0n) is 12.8. The quantitative estimate of drug-likeness (QED) is 0.726. The van der Waals surface area contributed by atoms with E-state index in [1.165, 1.54) is 32.3 Å². The van der Waals surface area contributed by atoms with Crippen molar-refractivity contribution in [2.24, 2.45) is 0 Å². The first-order valence-corrected chi connectivity index (χ1v) is 7.95. The van der Waals surface area contributed by atoms with Crippen LogP contribution >= 0.6 is 0 Å². The van der Waals surface area contributed by atoms with Crippen LogP contribution in [0.1, 0.15) is 6.92 Å². The lowest BCUT2D eigenvalue weighted by Gasteiger charge is -2.24. The standard InChI is InChI=1S/C13H22N4O3S/c1-5-17(9-13(18)15-2)12-8-10(6-7-11(12)14)21(19,20)16(3)4/h6-8H,5,9,14H2,1-4H3,(H,15,18). The summed E-state index contributed by atoms with van der Waals surface area (Å²) in [6.45, 7) is 2.52. The predicted octanol–water partition coefficient (Wildman–Crippen LogP) is 0.0914. The molecule has 0 bridgehead atoms. The summed E-state index contributed by atoms with van der Waals surface area (Å²) in [7, 11) is 0.938. The summed E-state index contributed by atoms with van der Waals surface area (Å²) in [4.78, 5) is 13.4. The van der Waals surface area contributed by atoms with Crippen molar-refractivity contribution < 1.29 is 13.2 Å². The van der Waals surface area contributed by atoms with Gasteiger partial charge in [-0.25, -0.2) is 12.7 Å². The van der Waals surface area contributed by atoms with E-state index >= 15 is 0 Å². The summed E-state index contributed by atoms with van der Waals surface area (Å²) in [5.74, 6) is -0.169. The van der Waals surface area contributed by atoms with Gasteiger partial charge in [-0.3, -0.25) is 4.79 Å². The van der Waals surface area contributed by atoms with Crippen molar-refractivity contribution in [2.75, 3.05) is 44.9 Å². The average molecular weight is 314 g/mol. The van der Waals surface area contributed by atoms with Gasteiger partial charge in [0.05, 0.1) is 22.8 Å². The lowest BCUT2D eigenvalue weighted by molar-refractivity contribution is -0.119. The number of likely N-dealkylation sites (N-methyl/N-ethyl adjacent to an activating group) is 2. The molecule has 8 heteroatoms. The van der Waals surface area contributed by atoms with Gasteiger partial charge in [-0.15, -0.1) is 0 Å². The Morgan fingerprint density at radius 2 is 1.95 bits per heavy atom.